The van der Waals surface area contributed by atoms with E-state index in [1.54, 1.807) is 45.8 Å². The van der Waals surface area contributed by atoms with E-state index in [2.05, 4.69) is 25.9 Å². The van der Waals surface area contributed by atoms with E-state index in [9.17, 15) is 14.4 Å². The Kier molecular flexibility index (Phi) is 14.3. The number of hydrogen-bond acceptors (Lipinski definition) is 13. The van der Waals surface area contributed by atoms with Crippen molar-refractivity contribution in [3.63, 3.8) is 0 Å². The summed E-state index contributed by atoms with van der Waals surface area (Å²) < 4.78 is 41.3. The lowest BCUT2D eigenvalue weighted by Gasteiger charge is -2.19. The van der Waals surface area contributed by atoms with Crippen molar-refractivity contribution in [2.24, 2.45) is 5.73 Å². The smallest absolute Gasteiger partial charge is 0.408 e. The van der Waals surface area contributed by atoms with E-state index in [0.717, 1.165) is 81.9 Å². The minimum Gasteiger partial charge on any atom is -0.493 e. The molecule has 3 fully saturated rings. The Balaban J connectivity index is 0.000000174. The van der Waals surface area contributed by atoms with Crippen LogP contribution in [0.25, 0.3) is 43.4 Å². The highest BCUT2D eigenvalue weighted by Crippen LogP contribution is 2.42. The first-order chi connectivity index (χ1) is 38.0. The number of hydrogen-bond donors (Lipinski definition) is 4. The lowest BCUT2D eigenvalue weighted by molar-refractivity contribution is 0.0948. The Hall–Kier alpha value is -9.15. The average molecular weight is 1050 g/mol. The van der Waals surface area contributed by atoms with Crippen LogP contribution >= 0.6 is 0 Å². The number of pyridine rings is 2. The molecule has 2 aromatic heterocycles. The molecule has 396 valence electrons. The molecule has 0 spiro atoms. The maximum Gasteiger partial charge on any atom is 0.408 e. The van der Waals surface area contributed by atoms with Gasteiger partial charge in [-0.3, -0.25) is 19.6 Å². The van der Waals surface area contributed by atoms with Gasteiger partial charge in [0.25, 0.3) is 11.8 Å². The van der Waals surface area contributed by atoms with Gasteiger partial charge < -0.3 is 54.8 Å². The van der Waals surface area contributed by atoms with E-state index < -0.39 is 11.6 Å². The lowest BCUT2D eigenvalue weighted by atomic mass is 10.0. The second-order valence-corrected chi connectivity index (χ2v) is 20.0. The number of aromatic nitrogens is 2. The molecule has 0 atom stereocenters. The number of fused-ring (bicyclic) bond motifs is 4. The molecule has 0 radical (unpaired) electrons. The fourth-order valence-electron chi connectivity index (χ4n) is 9.08. The molecule has 12 rings (SSSR count). The highest BCUT2D eigenvalue weighted by molar-refractivity contribution is 6.08. The largest absolute Gasteiger partial charge is 0.493 e. The number of benzene rings is 7. The first-order valence-electron chi connectivity index (χ1n) is 25.9. The number of methoxy groups -OCH3 is 2. The van der Waals surface area contributed by atoms with Crippen LogP contribution in [0, 0.1) is 0 Å². The monoisotopic (exact) mass is 1050 g/mol. The predicted octanol–water partition coefficient (Wildman–Crippen LogP) is 11.3. The van der Waals surface area contributed by atoms with Gasteiger partial charge in [-0.25, -0.2) is 4.79 Å². The molecule has 3 aliphatic carbocycles. The van der Waals surface area contributed by atoms with Crippen LogP contribution in [0.4, 0.5) is 4.79 Å². The molecule has 0 bridgehead atoms. The maximum atomic E-state index is 12.8. The number of rotatable bonds is 18. The molecule has 3 saturated carbocycles. The second kappa shape index (κ2) is 21.8. The molecule has 3 amide bonds. The van der Waals surface area contributed by atoms with E-state index in [1.165, 1.54) is 0 Å². The van der Waals surface area contributed by atoms with Crippen molar-refractivity contribution in [1.82, 2.24) is 25.9 Å². The predicted molar refractivity (Wildman–Crippen MR) is 297 cm³/mol. The van der Waals surface area contributed by atoms with Gasteiger partial charge in [0.05, 0.1) is 36.3 Å². The van der Waals surface area contributed by atoms with Crippen LogP contribution in [0.1, 0.15) is 64.8 Å². The van der Waals surface area contributed by atoms with Gasteiger partial charge in [0.15, 0.2) is 23.0 Å². The van der Waals surface area contributed by atoms with Gasteiger partial charge in [-0.15, -0.1) is 0 Å². The van der Waals surface area contributed by atoms with Crippen molar-refractivity contribution in [2.45, 2.75) is 62.3 Å². The highest BCUT2D eigenvalue weighted by Gasteiger charge is 2.46. The molecule has 0 unspecified atom stereocenters. The highest BCUT2D eigenvalue weighted by atomic mass is 16.6. The van der Waals surface area contributed by atoms with Crippen molar-refractivity contribution < 1.29 is 47.5 Å². The fourth-order valence-corrected chi connectivity index (χ4v) is 9.08. The number of ether oxygens (including phenoxy) is 7. The molecule has 16 nitrogen and oxygen atoms in total. The van der Waals surface area contributed by atoms with E-state index in [-0.39, 0.29) is 30.6 Å². The van der Waals surface area contributed by atoms with Crippen LogP contribution in [0.5, 0.6) is 46.0 Å². The Bertz CT molecular complexity index is 3730. The average Bonchev–Trinajstić information content (AvgIpc) is 4.41. The van der Waals surface area contributed by atoms with Gasteiger partial charge in [0, 0.05) is 59.5 Å². The number of carbonyl (C=O) groups excluding carboxylic acids is 3. The number of nitrogens with zero attached hydrogens (tertiary/aromatic N) is 2. The topological polar surface area (TPSA) is 204 Å². The Morgan fingerprint density at radius 2 is 1.13 bits per heavy atom. The second-order valence-electron chi connectivity index (χ2n) is 20.0. The van der Waals surface area contributed by atoms with Gasteiger partial charge in [0.1, 0.15) is 42.8 Å². The minimum absolute atomic E-state index is 0.0478. The molecule has 0 saturated heterocycles. The molecule has 9 aromatic rings. The first-order valence-corrected chi connectivity index (χ1v) is 25.9. The number of nitrogens with two attached hydrogens (primary N) is 1. The third kappa shape index (κ3) is 11.6. The van der Waals surface area contributed by atoms with Gasteiger partial charge in [-0.2, -0.15) is 0 Å². The molecule has 3 aliphatic rings. The van der Waals surface area contributed by atoms with Crippen molar-refractivity contribution in [3.05, 3.63) is 169 Å². The number of nitrogens with one attached hydrogen (secondary N) is 3. The molecule has 0 aliphatic heterocycles. The van der Waals surface area contributed by atoms with Crippen molar-refractivity contribution in [1.29, 1.82) is 0 Å². The van der Waals surface area contributed by atoms with Gasteiger partial charge in [-0.1, -0.05) is 54.6 Å². The third-order valence-electron chi connectivity index (χ3n) is 14.1. The Morgan fingerprint density at radius 3 is 1.64 bits per heavy atom. The van der Waals surface area contributed by atoms with Gasteiger partial charge in [0.2, 0.25) is 0 Å². The van der Waals surface area contributed by atoms with Crippen LogP contribution in [-0.4, -0.2) is 79.5 Å². The molecule has 16 heteroatoms. The summed E-state index contributed by atoms with van der Waals surface area (Å²) in [6, 6.07) is 43.5. The summed E-state index contributed by atoms with van der Waals surface area (Å²) in [4.78, 5) is 46.4. The van der Waals surface area contributed by atoms with Crippen LogP contribution in [0.2, 0.25) is 0 Å². The summed E-state index contributed by atoms with van der Waals surface area (Å²) in [6.45, 7) is 0.916. The van der Waals surface area contributed by atoms with E-state index in [0.29, 0.717) is 75.3 Å². The summed E-state index contributed by atoms with van der Waals surface area (Å²) in [5, 5.41) is 13.8. The molecular weight excluding hydrogens is 989 g/mol. The summed E-state index contributed by atoms with van der Waals surface area (Å²) in [5.74, 6) is 4.61. The summed E-state index contributed by atoms with van der Waals surface area (Å²) in [6.07, 6.45) is 8.50. The Labute approximate surface area is 450 Å². The number of amides is 3. The van der Waals surface area contributed by atoms with Gasteiger partial charge >= 0.3 is 6.09 Å². The standard InChI is InChI=1S/C36H33N3O6.C26H25N3O4/c1-42-32-19-29-30(20-33(32)44-22-36(15-16-36)39-35(41)43-21-23-6-3-2-4-7-23)37-17-14-31(29)45-26-12-13-27-24(18-26)8-5-9-28(27)34(40)38-25-10-11-25;1-28-25(30)19-5-3-4-16-12-17(6-7-18(16)19)33-22-8-11-29-21-14-24(23(31-2)13-20(21)22)32-15-26(27)9-10-26/h2-9,12-14,17-20,25H,10-11,15-16,21-22H2,1H3,(H,38,40)(H,39,41);3-8,11-14H,9-10,15,27H2,1-2H3,(H,28,30). The number of alkyl carbamates (subject to hydrolysis) is 1. The summed E-state index contributed by atoms with van der Waals surface area (Å²) >= 11 is 0. The Morgan fingerprint density at radius 1 is 0.577 bits per heavy atom. The normalized spacial score (nSPS) is 14.6. The van der Waals surface area contributed by atoms with Crippen LogP contribution < -0.4 is 50.1 Å². The quantitative estimate of drug-likeness (QED) is 0.0632. The van der Waals surface area contributed by atoms with Crippen molar-refractivity contribution in [3.8, 4) is 46.0 Å². The van der Waals surface area contributed by atoms with Crippen molar-refractivity contribution >= 4 is 61.3 Å². The zero-order valence-corrected chi connectivity index (χ0v) is 43.4. The zero-order valence-electron chi connectivity index (χ0n) is 43.4. The summed E-state index contributed by atoms with van der Waals surface area (Å²) in [7, 11) is 4.81. The molecule has 5 N–H and O–H groups in total. The molecule has 7 aromatic carbocycles. The van der Waals surface area contributed by atoms with Gasteiger partial charge in [-0.05, 0) is 138 Å². The summed E-state index contributed by atoms with van der Waals surface area (Å²) in [5.41, 5.74) is 9.05. The van der Waals surface area contributed by atoms with Crippen LogP contribution in [-0.2, 0) is 11.3 Å². The van der Waals surface area contributed by atoms with Crippen LogP contribution in [0.15, 0.2) is 152 Å². The lowest BCUT2D eigenvalue weighted by Crippen LogP contribution is -2.41. The fraction of sp³-hybridized carbons (Fsp3) is 0.242. The van der Waals surface area contributed by atoms with Crippen molar-refractivity contribution in [2.75, 3.05) is 34.5 Å². The van der Waals surface area contributed by atoms with E-state index >= 15 is 0 Å². The SMILES string of the molecule is CNC(=O)c1cccc2cc(Oc3ccnc4cc(OCC5(N)CC5)c(OC)cc34)ccc12.COc1cc2c(Oc3ccc4c(C(=O)NC5CC5)cccc4c3)ccnc2cc1OCC1(NC(=O)OCc2ccccc2)CC1. The van der Waals surface area contributed by atoms with Crippen LogP contribution in [0.3, 0.4) is 0 Å². The zero-order chi connectivity index (χ0) is 53.8. The molecule has 78 heavy (non-hydrogen) atoms. The van der Waals surface area contributed by atoms with E-state index in [1.807, 2.05) is 127 Å². The first kappa shape index (κ1) is 51.0. The number of carbonyl (C=O) groups is 3. The third-order valence-corrected chi connectivity index (χ3v) is 14.1. The van der Waals surface area contributed by atoms with E-state index in [4.69, 9.17) is 38.9 Å². The minimum atomic E-state index is -0.485. The maximum absolute atomic E-state index is 12.8. The molecule has 2 heterocycles. The molecular formula is C62H58N6O10.